The zero-order chi connectivity index (χ0) is 9.84. The molecule has 5 heteroatoms. The van der Waals surface area contributed by atoms with Crippen LogP contribution >= 0.6 is 11.6 Å². The molecule has 0 aliphatic carbocycles. The number of aromatic nitrogens is 2. The van der Waals surface area contributed by atoms with Gasteiger partial charge < -0.3 is 10.8 Å². The Labute approximate surface area is 80.8 Å². The highest BCUT2D eigenvalue weighted by molar-refractivity contribution is 6.30. The molecule has 0 bridgehead atoms. The van der Waals surface area contributed by atoms with Gasteiger partial charge in [0.2, 0.25) is 0 Å². The molecule has 0 unspecified atom stereocenters. The summed E-state index contributed by atoms with van der Waals surface area (Å²) in [6.45, 7) is 1.54. The van der Waals surface area contributed by atoms with E-state index in [9.17, 15) is 0 Å². The first-order valence-corrected chi connectivity index (χ1v) is 3.94. The molecule has 4 nitrogen and oxygen atoms in total. The second-order valence-corrected chi connectivity index (χ2v) is 2.73. The average molecular weight is 198 g/mol. The Bertz CT molecular complexity index is 347. The Morgan fingerprint density at radius 2 is 2.31 bits per heavy atom. The van der Waals surface area contributed by atoms with Crippen molar-refractivity contribution in [2.45, 2.75) is 13.0 Å². The summed E-state index contributed by atoms with van der Waals surface area (Å²) in [5.74, 6) is 5.32. The van der Waals surface area contributed by atoms with Crippen molar-refractivity contribution in [2.24, 2.45) is 0 Å². The van der Waals surface area contributed by atoms with E-state index in [1.54, 1.807) is 6.92 Å². The molecule has 0 radical (unpaired) electrons. The molecule has 0 saturated heterocycles. The van der Waals surface area contributed by atoms with E-state index in [0.717, 1.165) is 0 Å². The van der Waals surface area contributed by atoms with Crippen molar-refractivity contribution in [1.82, 2.24) is 9.97 Å². The number of halogens is 1. The fraction of sp³-hybridized carbons (Fsp3) is 0.250. The largest absolute Gasteiger partial charge is 0.383 e. The minimum atomic E-state index is -0.726. The van der Waals surface area contributed by atoms with Crippen LogP contribution in [0.1, 0.15) is 12.5 Å². The SMILES string of the molecule is C[C@@H](O)C#Cc1c(N)ncnc1Cl. The van der Waals surface area contributed by atoms with Crippen LogP contribution in [0.2, 0.25) is 5.15 Å². The lowest BCUT2D eigenvalue weighted by atomic mass is 10.3. The maximum atomic E-state index is 8.90. The summed E-state index contributed by atoms with van der Waals surface area (Å²) >= 11 is 5.70. The van der Waals surface area contributed by atoms with Gasteiger partial charge in [-0.2, -0.15) is 0 Å². The molecule has 0 amide bonds. The quantitative estimate of drug-likeness (QED) is 0.468. The highest BCUT2D eigenvalue weighted by Crippen LogP contribution is 2.14. The van der Waals surface area contributed by atoms with Crippen LogP contribution < -0.4 is 5.73 Å². The minimum Gasteiger partial charge on any atom is -0.383 e. The van der Waals surface area contributed by atoms with Gasteiger partial charge in [0.25, 0.3) is 0 Å². The number of aliphatic hydroxyl groups excluding tert-OH is 1. The summed E-state index contributed by atoms with van der Waals surface area (Å²) in [6.07, 6.45) is 0.529. The van der Waals surface area contributed by atoms with Crippen molar-refractivity contribution in [2.75, 3.05) is 5.73 Å². The molecule has 1 heterocycles. The third kappa shape index (κ3) is 2.58. The zero-order valence-electron chi connectivity index (χ0n) is 6.95. The molecule has 3 N–H and O–H groups in total. The summed E-state index contributed by atoms with van der Waals surface area (Å²) in [7, 11) is 0. The highest BCUT2D eigenvalue weighted by atomic mass is 35.5. The number of aliphatic hydroxyl groups is 1. The maximum Gasteiger partial charge on any atom is 0.150 e. The monoisotopic (exact) mass is 197 g/mol. The summed E-state index contributed by atoms with van der Waals surface area (Å²) in [4.78, 5) is 7.42. The smallest absolute Gasteiger partial charge is 0.150 e. The van der Waals surface area contributed by atoms with Crippen molar-refractivity contribution in [3.63, 3.8) is 0 Å². The van der Waals surface area contributed by atoms with E-state index in [4.69, 9.17) is 22.4 Å². The highest BCUT2D eigenvalue weighted by Gasteiger charge is 2.03. The fourth-order valence-corrected chi connectivity index (χ4v) is 0.856. The molecule has 0 fully saturated rings. The first-order chi connectivity index (χ1) is 6.11. The number of anilines is 1. The molecule has 0 aliphatic rings. The number of nitrogens with two attached hydrogens (primary N) is 1. The third-order valence-corrected chi connectivity index (χ3v) is 1.52. The van der Waals surface area contributed by atoms with Crippen molar-refractivity contribution in [1.29, 1.82) is 0 Å². The maximum absolute atomic E-state index is 8.90. The van der Waals surface area contributed by atoms with E-state index in [-0.39, 0.29) is 11.0 Å². The lowest BCUT2D eigenvalue weighted by Crippen LogP contribution is -1.98. The topological polar surface area (TPSA) is 72.0 Å². The summed E-state index contributed by atoms with van der Waals surface area (Å²) < 4.78 is 0. The van der Waals surface area contributed by atoms with Gasteiger partial charge in [0.05, 0.1) is 0 Å². The summed E-state index contributed by atoms with van der Waals surface area (Å²) in [5.41, 5.74) is 5.84. The van der Waals surface area contributed by atoms with Gasteiger partial charge in [-0.15, -0.1) is 0 Å². The number of hydrogen-bond acceptors (Lipinski definition) is 4. The Kier molecular flexibility index (Phi) is 3.07. The van der Waals surface area contributed by atoms with Gasteiger partial charge in [0.1, 0.15) is 29.0 Å². The van der Waals surface area contributed by atoms with Crippen molar-refractivity contribution in [3.8, 4) is 11.8 Å². The van der Waals surface area contributed by atoms with Crippen LogP contribution in [0.5, 0.6) is 0 Å². The molecule has 1 aromatic heterocycles. The Balaban J connectivity index is 3.09. The Morgan fingerprint density at radius 3 is 2.85 bits per heavy atom. The Hall–Kier alpha value is -1.31. The minimum absolute atomic E-state index is 0.195. The lowest BCUT2D eigenvalue weighted by molar-refractivity contribution is 0.253. The molecule has 1 rings (SSSR count). The lowest BCUT2D eigenvalue weighted by Gasteiger charge is -1.97. The normalized spacial score (nSPS) is 11.6. The van der Waals surface area contributed by atoms with Crippen molar-refractivity contribution in [3.05, 3.63) is 17.0 Å². The molecular weight excluding hydrogens is 190 g/mol. The summed E-state index contributed by atoms with van der Waals surface area (Å²) in [5, 5.41) is 9.09. The van der Waals surface area contributed by atoms with Gasteiger partial charge in [0, 0.05) is 0 Å². The fourth-order valence-electron chi connectivity index (χ4n) is 0.669. The van der Waals surface area contributed by atoms with Gasteiger partial charge >= 0.3 is 0 Å². The first kappa shape index (κ1) is 9.78. The van der Waals surface area contributed by atoms with Crippen LogP contribution in [0.3, 0.4) is 0 Å². The average Bonchev–Trinajstić information content (AvgIpc) is 2.03. The van der Waals surface area contributed by atoms with Crippen LogP contribution in [-0.2, 0) is 0 Å². The molecule has 0 aliphatic heterocycles. The first-order valence-electron chi connectivity index (χ1n) is 3.57. The summed E-state index contributed by atoms with van der Waals surface area (Å²) in [6, 6.07) is 0. The van der Waals surface area contributed by atoms with E-state index < -0.39 is 6.10 Å². The van der Waals surface area contributed by atoms with E-state index in [2.05, 4.69) is 21.8 Å². The molecule has 0 spiro atoms. The Morgan fingerprint density at radius 1 is 1.62 bits per heavy atom. The van der Waals surface area contributed by atoms with Crippen molar-refractivity contribution < 1.29 is 5.11 Å². The molecule has 0 aromatic carbocycles. The number of hydrogen-bond donors (Lipinski definition) is 2. The second-order valence-electron chi connectivity index (χ2n) is 2.37. The van der Waals surface area contributed by atoms with Gasteiger partial charge in [-0.3, -0.25) is 0 Å². The molecule has 68 valence electrons. The molecule has 1 aromatic rings. The van der Waals surface area contributed by atoms with Crippen LogP contribution in [0.15, 0.2) is 6.33 Å². The van der Waals surface area contributed by atoms with Gasteiger partial charge in [-0.1, -0.05) is 23.4 Å². The second kappa shape index (κ2) is 4.08. The zero-order valence-corrected chi connectivity index (χ0v) is 7.71. The van der Waals surface area contributed by atoms with Gasteiger partial charge in [-0.05, 0) is 6.92 Å². The predicted molar refractivity (Wildman–Crippen MR) is 50.0 cm³/mol. The molecule has 0 saturated carbocycles. The van der Waals surface area contributed by atoms with Crippen LogP contribution in [0.25, 0.3) is 0 Å². The van der Waals surface area contributed by atoms with E-state index in [0.29, 0.717) is 5.56 Å². The predicted octanol–water partition coefficient (Wildman–Crippen LogP) is 0.444. The van der Waals surface area contributed by atoms with Gasteiger partial charge in [0.15, 0.2) is 0 Å². The molecule has 1 atom stereocenters. The van der Waals surface area contributed by atoms with Gasteiger partial charge in [-0.25, -0.2) is 9.97 Å². The van der Waals surface area contributed by atoms with Crippen LogP contribution in [0, 0.1) is 11.8 Å². The standard InChI is InChI=1S/C8H8ClN3O/c1-5(13)2-3-6-7(9)11-4-12-8(6)10/h4-5,13H,1H3,(H2,10,11,12)/t5-/m1/s1. The van der Waals surface area contributed by atoms with E-state index in [1.165, 1.54) is 6.33 Å². The van der Waals surface area contributed by atoms with E-state index in [1.807, 2.05) is 0 Å². The van der Waals surface area contributed by atoms with Crippen molar-refractivity contribution >= 4 is 17.4 Å². The van der Waals surface area contributed by atoms with Crippen LogP contribution in [-0.4, -0.2) is 21.2 Å². The molecule has 13 heavy (non-hydrogen) atoms. The number of nitrogen functional groups attached to an aromatic ring is 1. The number of rotatable bonds is 0. The van der Waals surface area contributed by atoms with E-state index >= 15 is 0 Å². The van der Waals surface area contributed by atoms with Crippen LogP contribution in [0.4, 0.5) is 5.82 Å². The third-order valence-electron chi connectivity index (χ3n) is 1.24. The number of nitrogens with zero attached hydrogens (tertiary/aromatic N) is 2. The molecular formula is C8H8ClN3O.